The summed E-state index contributed by atoms with van der Waals surface area (Å²) in [6, 6.07) is 22.3. The quantitative estimate of drug-likeness (QED) is 0.665. The van der Waals surface area contributed by atoms with E-state index in [1.54, 1.807) is 6.07 Å². The zero-order chi connectivity index (χ0) is 18.5. The third-order valence-electron chi connectivity index (χ3n) is 4.15. The van der Waals surface area contributed by atoms with Crippen molar-refractivity contribution >= 4 is 23.4 Å². The van der Waals surface area contributed by atoms with Crippen molar-refractivity contribution in [2.45, 2.75) is 12.8 Å². The lowest BCUT2D eigenvalue weighted by Gasteiger charge is -2.07. The molecule has 0 aliphatic carbocycles. The van der Waals surface area contributed by atoms with E-state index in [0.29, 0.717) is 10.6 Å². The van der Waals surface area contributed by atoms with Gasteiger partial charge in [0, 0.05) is 17.9 Å². The van der Waals surface area contributed by atoms with Crippen LogP contribution in [0.1, 0.15) is 21.5 Å². The molecule has 3 aromatic rings. The summed E-state index contributed by atoms with van der Waals surface area (Å²) in [4.78, 5) is 23.7. The number of carboxylic acid groups (broad SMARTS) is 1. The van der Waals surface area contributed by atoms with Crippen LogP contribution >= 0.6 is 11.6 Å². The Morgan fingerprint density at radius 3 is 2.12 bits per heavy atom. The summed E-state index contributed by atoms with van der Waals surface area (Å²) in [5.74, 6) is -1.11. The van der Waals surface area contributed by atoms with Crippen LogP contribution in [0.25, 0.3) is 11.1 Å². The van der Waals surface area contributed by atoms with Gasteiger partial charge in [-0.1, -0.05) is 66.2 Å². The van der Waals surface area contributed by atoms with E-state index in [0.717, 1.165) is 16.7 Å². The Morgan fingerprint density at radius 2 is 1.46 bits per heavy atom. The molecular formula is C22H17ClO3. The first-order valence-corrected chi connectivity index (χ1v) is 8.58. The average Bonchev–Trinajstić information content (AvgIpc) is 2.63. The molecule has 0 spiro atoms. The standard InChI is InChI=1S/C22H17ClO3/c23-19-10-11-21(22(25)26)18(13-19)14-20(24)12-15-6-8-17(9-7-15)16-4-2-1-3-5-16/h1-11,13H,12,14H2,(H,25,26). The van der Waals surface area contributed by atoms with Gasteiger partial charge in [-0.2, -0.15) is 0 Å². The Labute approximate surface area is 156 Å². The average molecular weight is 365 g/mol. The Bertz CT molecular complexity index is 931. The van der Waals surface area contributed by atoms with Gasteiger partial charge in [0.1, 0.15) is 5.78 Å². The molecule has 0 saturated heterocycles. The second-order valence-corrected chi connectivity index (χ2v) is 6.50. The molecule has 3 nitrogen and oxygen atoms in total. The molecule has 130 valence electrons. The third kappa shape index (κ3) is 4.38. The van der Waals surface area contributed by atoms with Gasteiger partial charge < -0.3 is 5.11 Å². The van der Waals surface area contributed by atoms with E-state index in [2.05, 4.69) is 0 Å². The zero-order valence-electron chi connectivity index (χ0n) is 14.0. The molecule has 0 unspecified atom stereocenters. The minimum Gasteiger partial charge on any atom is -0.478 e. The topological polar surface area (TPSA) is 54.4 Å². The highest BCUT2D eigenvalue weighted by atomic mass is 35.5. The van der Waals surface area contributed by atoms with Crippen LogP contribution in [-0.2, 0) is 17.6 Å². The summed E-state index contributed by atoms with van der Waals surface area (Å²) in [5.41, 5.74) is 3.66. The maximum atomic E-state index is 12.4. The summed E-state index contributed by atoms with van der Waals surface area (Å²) < 4.78 is 0. The van der Waals surface area contributed by atoms with Crippen molar-refractivity contribution in [1.29, 1.82) is 0 Å². The van der Waals surface area contributed by atoms with Crippen LogP contribution in [0.15, 0.2) is 72.8 Å². The second kappa shape index (κ2) is 7.98. The smallest absolute Gasteiger partial charge is 0.335 e. The van der Waals surface area contributed by atoms with Gasteiger partial charge in [0.05, 0.1) is 5.56 Å². The molecule has 0 fully saturated rings. The Morgan fingerprint density at radius 1 is 0.808 bits per heavy atom. The molecule has 0 heterocycles. The second-order valence-electron chi connectivity index (χ2n) is 6.06. The molecule has 3 aromatic carbocycles. The molecule has 0 atom stereocenters. The first-order valence-electron chi connectivity index (χ1n) is 8.21. The molecule has 1 N–H and O–H groups in total. The lowest BCUT2D eigenvalue weighted by atomic mass is 9.97. The van der Waals surface area contributed by atoms with Gasteiger partial charge in [-0.3, -0.25) is 4.79 Å². The maximum Gasteiger partial charge on any atom is 0.335 e. The largest absolute Gasteiger partial charge is 0.478 e. The number of rotatable bonds is 6. The molecule has 4 heteroatoms. The lowest BCUT2D eigenvalue weighted by molar-refractivity contribution is -0.117. The molecule has 0 radical (unpaired) electrons. The van der Waals surface area contributed by atoms with E-state index < -0.39 is 5.97 Å². The Hall–Kier alpha value is -2.91. The number of hydrogen-bond acceptors (Lipinski definition) is 2. The highest BCUT2D eigenvalue weighted by Crippen LogP contribution is 2.21. The van der Waals surface area contributed by atoms with Crippen LogP contribution in [0.5, 0.6) is 0 Å². The number of carbonyl (C=O) groups excluding carboxylic acids is 1. The summed E-state index contributed by atoms with van der Waals surface area (Å²) in [7, 11) is 0. The number of aromatic carboxylic acids is 1. The van der Waals surface area contributed by atoms with Crippen molar-refractivity contribution in [3.63, 3.8) is 0 Å². The number of Topliss-reactive ketones (excluding diaryl/α,β-unsaturated/α-hetero) is 1. The van der Waals surface area contributed by atoms with Crippen LogP contribution in [0.3, 0.4) is 0 Å². The molecule has 0 amide bonds. The fourth-order valence-corrected chi connectivity index (χ4v) is 3.06. The molecule has 0 aromatic heterocycles. The van der Waals surface area contributed by atoms with Crippen LogP contribution in [0.4, 0.5) is 0 Å². The molecule has 26 heavy (non-hydrogen) atoms. The van der Waals surface area contributed by atoms with E-state index in [1.807, 2.05) is 54.6 Å². The van der Waals surface area contributed by atoms with Crippen molar-refractivity contribution in [2.75, 3.05) is 0 Å². The summed E-state index contributed by atoms with van der Waals surface area (Å²) in [5, 5.41) is 9.66. The van der Waals surface area contributed by atoms with E-state index in [1.165, 1.54) is 12.1 Å². The Balaban J connectivity index is 1.71. The first-order chi connectivity index (χ1) is 12.5. The van der Waals surface area contributed by atoms with Crippen molar-refractivity contribution < 1.29 is 14.7 Å². The van der Waals surface area contributed by atoms with Crippen molar-refractivity contribution in [2.24, 2.45) is 0 Å². The van der Waals surface area contributed by atoms with Crippen LogP contribution < -0.4 is 0 Å². The van der Waals surface area contributed by atoms with Gasteiger partial charge in [0.25, 0.3) is 0 Å². The van der Waals surface area contributed by atoms with E-state index >= 15 is 0 Å². The van der Waals surface area contributed by atoms with Gasteiger partial charge in [-0.25, -0.2) is 4.79 Å². The minimum absolute atomic E-state index is 0.0443. The van der Waals surface area contributed by atoms with Crippen molar-refractivity contribution in [1.82, 2.24) is 0 Å². The monoisotopic (exact) mass is 364 g/mol. The third-order valence-corrected chi connectivity index (χ3v) is 4.38. The molecule has 0 saturated carbocycles. The first kappa shape index (κ1) is 17.9. The summed E-state index contributed by atoms with van der Waals surface area (Å²) >= 11 is 5.94. The fourth-order valence-electron chi connectivity index (χ4n) is 2.87. The van der Waals surface area contributed by atoms with Gasteiger partial charge in [-0.15, -0.1) is 0 Å². The van der Waals surface area contributed by atoms with Crippen LogP contribution in [-0.4, -0.2) is 16.9 Å². The van der Waals surface area contributed by atoms with Gasteiger partial charge in [-0.05, 0) is 40.5 Å². The highest BCUT2D eigenvalue weighted by molar-refractivity contribution is 6.30. The predicted molar refractivity (Wildman–Crippen MR) is 103 cm³/mol. The fraction of sp³-hybridized carbons (Fsp3) is 0.0909. The number of ketones is 1. The molecule has 0 bridgehead atoms. The van der Waals surface area contributed by atoms with Crippen molar-refractivity contribution in [3.05, 3.63) is 94.5 Å². The van der Waals surface area contributed by atoms with Crippen molar-refractivity contribution in [3.8, 4) is 11.1 Å². The van der Waals surface area contributed by atoms with Crippen LogP contribution in [0.2, 0.25) is 5.02 Å². The molecule has 0 aliphatic heterocycles. The number of carboxylic acids is 1. The van der Waals surface area contributed by atoms with Gasteiger partial charge >= 0.3 is 5.97 Å². The molecular weight excluding hydrogens is 348 g/mol. The number of benzene rings is 3. The van der Waals surface area contributed by atoms with Crippen LogP contribution in [0, 0.1) is 0 Å². The van der Waals surface area contributed by atoms with E-state index in [4.69, 9.17) is 11.6 Å². The molecule has 3 rings (SSSR count). The highest BCUT2D eigenvalue weighted by Gasteiger charge is 2.14. The minimum atomic E-state index is -1.06. The maximum absolute atomic E-state index is 12.4. The van der Waals surface area contributed by atoms with Gasteiger partial charge in [0.15, 0.2) is 0 Å². The van der Waals surface area contributed by atoms with Gasteiger partial charge in [0.2, 0.25) is 0 Å². The normalized spacial score (nSPS) is 10.5. The summed E-state index contributed by atoms with van der Waals surface area (Å²) in [6.07, 6.45) is 0.295. The number of hydrogen-bond donors (Lipinski definition) is 1. The molecule has 0 aliphatic rings. The zero-order valence-corrected chi connectivity index (χ0v) is 14.7. The SMILES string of the molecule is O=C(Cc1ccc(-c2ccccc2)cc1)Cc1cc(Cl)ccc1C(=O)O. The number of halogens is 1. The lowest BCUT2D eigenvalue weighted by Crippen LogP contribution is -2.11. The van der Waals surface area contributed by atoms with E-state index in [-0.39, 0.29) is 24.2 Å². The Kier molecular flexibility index (Phi) is 5.49. The predicted octanol–water partition coefficient (Wildman–Crippen LogP) is 5.06. The number of carbonyl (C=O) groups is 2. The van der Waals surface area contributed by atoms with E-state index in [9.17, 15) is 14.7 Å². The summed E-state index contributed by atoms with van der Waals surface area (Å²) in [6.45, 7) is 0.